The lowest BCUT2D eigenvalue weighted by Crippen LogP contribution is -2.29. The van der Waals surface area contributed by atoms with Crippen molar-refractivity contribution in [2.45, 2.75) is 38.8 Å². The number of hydrogen-bond acceptors (Lipinski definition) is 3. The third-order valence-corrected chi connectivity index (χ3v) is 3.91. The van der Waals surface area contributed by atoms with Crippen LogP contribution >= 0.6 is 11.6 Å². The lowest BCUT2D eigenvalue weighted by atomic mass is 10.1. The second kappa shape index (κ2) is 7.87. The summed E-state index contributed by atoms with van der Waals surface area (Å²) in [6.07, 6.45) is 3.74. The van der Waals surface area contributed by atoms with E-state index in [4.69, 9.17) is 16.3 Å². The van der Waals surface area contributed by atoms with Gasteiger partial charge < -0.3 is 15.0 Å². The van der Waals surface area contributed by atoms with E-state index in [0.717, 1.165) is 37.7 Å². The fourth-order valence-electron chi connectivity index (χ4n) is 2.53. The van der Waals surface area contributed by atoms with Crippen molar-refractivity contribution >= 4 is 17.3 Å². The van der Waals surface area contributed by atoms with Gasteiger partial charge in [0.15, 0.2) is 0 Å². The van der Waals surface area contributed by atoms with Gasteiger partial charge in [0, 0.05) is 32.8 Å². The molecule has 20 heavy (non-hydrogen) atoms. The van der Waals surface area contributed by atoms with Gasteiger partial charge in [-0.15, -0.1) is 0 Å². The molecular formula is C16H25ClN2O. The van der Waals surface area contributed by atoms with Gasteiger partial charge >= 0.3 is 0 Å². The van der Waals surface area contributed by atoms with Crippen LogP contribution in [0.3, 0.4) is 0 Å². The summed E-state index contributed by atoms with van der Waals surface area (Å²) in [5, 5.41) is 4.29. The highest BCUT2D eigenvalue weighted by Crippen LogP contribution is 2.38. The summed E-state index contributed by atoms with van der Waals surface area (Å²) in [6.45, 7) is 5.74. The van der Waals surface area contributed by atoms with Gasteiger partial charge in [-0.2, -0.15) is 0 Å². The van der Waals surface area contributed by atoms with E-state index < -0.39 is 0 Å². The van der Waals surface area contributed by atoms with Crippen LogP contribution in [-0.4, -0.2) is 32.8 Å². The highest BCUT2D eigenvalue weighted by molar-refractivity contribution is 6.33. The molecule has 0 heterocycles. The van der Waals surface area contributed by atoms with Crippen molar-refractivity contribution in [1.29, 1.82) is 0 Å². The molecule has 1 aromatic carbocycles. The zero-order valence-corrected chi connectivity index (χ0v) is 13.2. The van der Waals surface area contributed by atoms with Gasteiger partial charge in [0.05, 0.1) is 17.3 Å². The maximum atomic E-state index is 6.48. The van der Waals surface area contributed by atoms with Gasteiger partial charge in [-0.1, -0.05) is 30.7 Å². The van der Waals surface area contributed by atoms with Gasteiger partial charge in [0.1, 0.15) is 0 Å². The third-order valence-electron chi connectivity index (χ3n) is 3.61. The lowest BCUT2D eigenvalue weighted by Gasteiger charge is -2.28. The first-order valence-electron chi connectivity index (χ1n) is 7.51. The SMILES string of the molecule is CCCN(c1c(Cl)cccc1CNCCOC)C1CC1. The van der Waals surface area contributed by atoms with E-state index in [2.05, 4.69) is 23.2 Å². The van der Waals surface area contributed by atoms with Crippen LogP contribution < -0.4 is 10.2 Å². The molecule has 0 radical (unpaired) electrons. The van der Waals surface area contributed by atoms with Crippen molar-refractivity contribution in [3.63, 3.8) is 0 Å². The monoisotopic (exact) mass is 296 g/mol. The first-order chi connectivity index (χ1) is 9.77. The molecule has 1 aliphatic carbocycles. The first kappa shape index (κ1) is 15.6. The fourth-order valence-corrected chi connectivity index (χ4v) is 2.83. The average molecular weight is 297 g/mol. The van der Waals surface area contributed by atoms with Crippen LogP contribution in [0.4, 0.5) is 5.69 Å². The first-order valence-corrected chi connectivity index (χ1v) is 7.89. The van der Waals surface area contributed by atoms with Gasteiger partial charge in [-0.3, -0.25) is 0 Å². The number of nitrogens with one attached hydrogen (secondary N) is 1. The van der Waals surface area contributed by atoms with Gasteiger partial charge in [-0.05, 0) is 30.9 Å². The number of ether oxygens (including phenoxy) is 1. The molecule has 0 atom stereocenters. The number of hydrogen-bond donors (Lipinski definition) is 1. The van der Waals surface area contributed by atoms with Gasteiger partial charge in [-0.25, -0.2) is 0 Å². The molecule has 2 rings (SSSR count). The standard InChI is InChI=1S/C16H25ClN2O/c1-3-10-19(14-7-8-14)16-13(5-4-6-15(16)17)12-18-9-11-20-2/h4-6,14,18H,3,7-12H2,1-2H3. The molecule has 0 unspecified atom stereocenters. The lowest BCUT2D eigenvalue weighted by molar-refractivity contribution is 0.199. The maximum absolute atomic E-state index is 6.48. The Balaban J connectivity index is 2.12. The van der Waals surface area contributed by atoms with E-state index in [0.29, 0.717) is 6.04 Å². The normalized spacial score (nSPS) is 14.6. The Bertz CT molecular complexity index is 421. The molecule has 0 aromatic heterocycles. The zero-order valence-electron chi connectivity index (χ0n) is 12.5. The van der Waals surface area contributed by atoms with E-state index in [1.165, 1.54) is 24.1 Å². The molecule has 1 aliphatic rings. The molecule has 4 heteroatoms. The van der Waals surface area contributed by atoms with Crippen molar-refractivity contribution in [3.05, 3.63) is 28.8 Å². The van der Waals surface area contributed by atoms with E-state index in [-0.39, 0.29) is 0 Å². The quantitative estimate of drug-likeness (QED) is 0.706. The Morgan fingerprint density at radius 1 is 1.40 bits per heavy atom. The summed E-state index contributed by atoms with van der Waals surface area (Å²) in [4.78, 5) is 2.50. The molecule has 0 bridgehead atoms. The van der Waals surface area contributed by atoms with E-state index in [9.17, 15) is 0 Å². The van der Waals surface area contributed by atoms with Crippen LogP contribution in [0, 0.1) is 0 Å². The van der Waals surface area contributed by atoms with E-state index in [1.54, 1.807) is 7.11 Å². The molecule has 0 amide bonds. The van der Waals surface area contributed by atoms with Gasteiger partial charge in [0.25, 0.3) is 0 Å². The number of benzene rings is 1. The predicted octanol–water partition coefficient (Wildman–Crippen LogP) is 3.45. The minimum Gasteiger partial charge on any atom is -0.383 e. The Morgan fingerprint density at radius 3 is 2.85 bits per heavy atom. The molecule has 0 aliphatic heterocycles. The minimum absolute atomic E-state index is 0.688. The molecule has 1 aromatic rings. The van der Waals surface area contributed by atoms with Crippen LogP contribution in [0.25, 0.3) is 0 Å². The molecule has 1 fully saturated rings. The molecule has 112 valence electrons. The zero-order chi connectivity index (χ0) is 14.4. The number of methoxy groups -OCH3 is 1. The summed E-state index contributed by atoms with van der Waals surface area (Å²) in [6, 6.07) is 6.90. The topological polar surface area (TPSA) is 24.5 Å². The Hall–Kier alpha value is -0.770. The summed E-state index contributed by atoms with van der Waals surface area (Å²) in [5.74, 6) is 0. The smallest absolute Gasteiger partial charge is 0.0643 e. The van der Waals surface area contributed by atoms with Crippen molar-refractivity contribution in [2.75, 3.05) is 31.7 Å². The fraction of sp³-hybridized carbons (Fsp3) is 0.625. The van der Waals surface area contributed by atoms with Crippen molar-refractivity contribution in [2.24, 2.45) is 0 Å². The summed E-state index contributed by atoms with van der Waals surface area (Å²) >= 11 is 6.48. The van der Waals surface area contributed by atoms with E-state index >= 15 is 0 Å². The number of nitrogens with zero attached hydrogens (tertiary/aromatic N) is 1. The van der Waals surface area contributed by atoms with Crippen molar-refractivity contribution in [1.82, 2.24) is 5.32 Å². The number of halogens is 1. The van der Waals surface area contributed by atoms with Crippen LogP contribution in [0.2, 0.25) is 5.02 Å². The Morgan fingerprint density at radius 2 is 2.20 bits per heavy atom. The Kier molecular flexibility index (Phi) is 6.14. The van der Waals surface area contributed by atoms with Crippen LogP contribution in [0.5, 0.6) is 0 Å². The van der Waals surface area contributed by atoms with Crippen LogP contribution in [0.1, 0.15) is 31.7 Å². The maximum Gasteiger partial charge on any atom is 0.0643 e. The summed E-state index contributed by atoms with van der Waals surface area (Å²) in [7, 11) is 1.72. The largest absolute Gasteiger partial charge is 0.383 e. The molecule has 3 nitrogen and oxygen atoms in total. The second-order valence-electron chi connectivity index (χ2n) is 5.34. The van der Waals surface area contributed by atoms with Crippen LogP contribution in [0.15, 0.2) is 18.2 Å². The highest BCUT2D eigenvalue weighted by Gasteiger charge is 2.30. The van der Waals surface area contributed by atoms with Crippen LogP contribution in [-0.2, 0) is 11.3 Å². The van der Waals surface area contributed by atoms with E-state index in [1.807, 2.05) is 12.1 Å². The van der Waals surface area contributed by atoms with Crippen molar-refractivity contribution < 1.29 is 4.74 Å². The van der Waals surface area contributed by atoms with Crippen molar-refractivity contribution in [3.8, 4) is 0 Å². The average Bonchev–Trinajstić information content (AvgIpc) is 3.26. The molecule has 1 N–H and O–H groups in total. The Labute approximate surface area is 127 Å². The summed E-state index contributed by atoms with van der Waals surface area (Å²) < 4.78 is 5.07. The highest BCUT2D eigenvalue weighted by atomic mass is 35.5. The second-order valence-corrected chi connectivity index (χ2v) is 5.75. The number of anilines is 1. The minimum atomic E-state index is 0.688. The molecule has 1 saturated carbocycles. The van der Waals surface area contributed by atoms with Gasteiger partial charge in [0.2, 0.25) is 0 Å². The molecular weight excluding hydrogens is 272 g/mol. The number of rotatable bonds is 9. The third kappa shape index (κ3) is 4.11. The molecule has 0 spiro atoms. The predicted molar refractivity (Wildman–Crippen MR) is 85.7 cm³/mol. The number of para-hydroxylation sites is 1. The summed E-state index contributed by atoms with van der Waals surface area (Å²) in [5.41, 5.74) is 2.51. The molecule has 0 saturated heterocycles.